The quantitative estimate of drug-likeness (QED) is 0.829. The van der Waals surface area contributed by atoms with Gasteiger partial charge in [-0.1, -0.05) is 18.2 Å². The van der Waals surface area contributed by atoms with Gasteiger partial charge in [0.25, 0.3) is 0 Å². The number of carbonyl (C=O) groups excluding carboxylic acids is 1. The van der Waals surface area contributed by atoms with Crippen LogP contribution in [0.25, 0.3) is 0 Å². The summed E-state index contributed by atoms with van der Waals surface area (Å²) in [6.45, 7) is 1.56. The average Bonchev–Trinajstić information content (AvgIpc) is 2.48. The van der Waals surface area contributed by atoms with E-state index in [2.05, 4.69) is 0 Å². The third-order valence-corrected chi connectivity index (χ3v) is 4.10. The van der Waals surface area contributed by atoms with Crippen LogP contribution in [0, 0.1) is 0 Å². The summed E-state index contributed by atoms with van der Waals surface area (Å²) >= 11 is 1.68. The highest BCUT2D eigenvalue weighted by atomic mass is 32.2. The number of hydrogen-bond acceptors (Lipinski definition) is 4. The first-order valence-electron chi connectivity index (χ1n) is 6.47. The van der Waals surface area contributed by atoms with Crippen LogP contribution in [0.1, 0.15) is 6.42 Å². The number of morpholine rings is 1. The molecule has 0 bridgehead atoms. The molecule has 5 heteroatoms. The van der Waals surface area contributed by atoms with Crippen molar-refractivity contribution in [3.05, 3.63) is 30.3 Å². The second-order valence-corrected chi connectivity index (χ2v) is 5.58. The summed E-state index contributed by atoms with van der Waals surface area (Å²) in [6.07, 6.45) is 0.496. The molecule has 1 fully saturated rings. The van der Waals surface area contributed by atoms with Gasteiger partial charge in [-0.25, -0.2) is 0 Å². The lowest BCUT2D eigenvalue weighted by atomic mass is 10.2. The van der Waals surface area contributed by atoms with Crippen LogP contribution < -0.4 is 0 Å². The van der Waals surface area contributed by atoms with E-state index < -0.39 is 0 Å². The van der Waals surface area contributed by atoms with Crippen molar-refractivity contribution in [2.75, 3.05) is 32.1 Å². The Morgan fingerprint density at radius 3 is 2.95 bits per heavy atom. The number of aliphatic hydroxyl groups is 1. The van der Waals surface area contributed by atoms with Gasteiger partial charge in [-0.2, -0.15) is 0 Å². The number of ether oxygens (including phenoxy) is 1. The Balaban J connectivity index is 1.77. The number of thioether (sulfide) groups is 1. The van der Waals surface area contributed by atoms with Gasteiger partial charge >= 0.3 is 0 Å². The molecule has 104 valence electrons. The first-order chi connectivity index (χ1) is 9.31. The molecule has 1 aromatic rings. The normalized spacial score (nSPS) is 19.4. The summed E-state index contributed by atoms with van der Waals surface area (Å²) in [6, 6.07) is 9.88. The highest BCUT2D eigenvalue weighted by molar-refractivity contribution is 7.99. The Labute approximate surface area is 117 Å². The van der Waals surface area contributed by atoms with Crippen molar-refractivity contribution in [2.45, 2.75) is 17.4 Å². The molecule has 1 saturated heterocycles. The number of hydrogen-bond donors (Lipinski definition) is 1. The lowest BCUT2D eigenvalue weighted by Crippen LogP contribution is -2.50. The first-order valence-corrected chi connectivity index (χ1v) is 7.45. The molecule has 2 rings (SSSR count). The van der Waals surface area contributed by atoms with Gasteiger partial charge in [0.15, 0.2) is 0 Å². The Morgan fingerprint density at radius 2 is 2.21 bits per heavy atom. The van der Waals surface area contributed by atoms with Crippen molar-refractivity contribution in [1.29, 1.82) is 0 Å². The zero-order chi connectivity index (χ0) is 13.5. The number of nitrogens with zero attached hydrogens (tertiary/aromatic N) is 1. The van der Waals surface area contributed by atoms with Crippen LogP contribution in [-0.2, 0) is 9.53 Å². The van der Waals surface area contributed by atoms with Crippen LogP contribution in [0.3, 0.4) is 0 Å². The minimum atomic E-state index is -0.178. The molecule has 1 aliphatic rings. The monoisotopic (exact) mass is 281 g/mol. The fourth-order valence-electron chi connectivity index (χ4n) is 2.05. The van der Waals surface area contributed by atoms with Crippen LogP contribution in [0.15, 0.2) is 35.2 Å². The molecule has 1 heterocycles. The third kappa shape index (κ3) is 4.23. The molecule has 1 atom stereocenters. The molecule has 0 aliphatic carbocycles. The maximum Gasteiger partial charge on any atom is 0.223 e. The molecule has 4 nitrogen and oxygen atoms in total. The number of carbonyl (C=O) groups is 1. The molecular weight excluding hydrogens is 262 g/mol. The first kappa shape index (κ1) is 14.4. The van der Waals surface area contributed by atoms with Gasteiger partial charge in [0, 0.05) is 23.6 Å². The topological polar surface area (TPSA) is 49.8 Å². The van der Waals surface area contributed by atoms with E-state index in [4.69, 9.17) is 4.74 Å². The second kappa shape index (κ2) is 7.53. The zero-order valence-corrected chi connectivity index (χ0v) is 11.6. The van der Waals surface area contributed by atoms with Gasteiger partial charge in [-0.15, -0.1) is 11.8 Å². The Morgan fingerprint density at radius 1 is 1.42 bits per heavy atom. The maximum absolute atomic E-state index is 12.1. The molecule has 0 spiro atoms. The Hall–Kier alpha value is -1.04. The zero-order valence-electron chi connectivity index (χ0n) is 10.8. The summed E-state index contributed by atoms with van der Waals surface area (Å²) in [5.74, 6) is 0.865. The predicted molar refractivity (Wildman–Crippen MR) is 75.2 cm³/mol. The summed E-state index contributed by atoms with van der Waals surface area (Å²) < 4.78 is 5.27. The number of amides is 1. The lowest BCUT2D eigenvalue weighted by Gasteiger charge is -2.34. The molecular formula is C14H19NO3S. The molecule has 1 unspecified atom stereocenters. The number of aliphatic hydroxyl groups excluding tert-OH is 1. The fraction of sp³-hybridized carbons (Fsp3) is 0.500. The lowest BCUT2D eigenvalue weighted by molar-refractivity contribution is -0.141. The van der Waals surface area contributed by atoms with Crippen molar-refractivity contribution >= 4 is 17.7 Å². The number of benzene rings is 1. The third-order valence-electron chi connectivity index (χ3n) is 3.09. The van der Waals surface area contributed by atoms with E-state index in [0.717, 1.165) is 5.75 Å². The summed E-state index contributed by atoms with van der Waals surface area (Å²) in [5.41, 5.74) is 0. The van der Waals surface area contributed by atoms with E-state index in [1.54, 1.807) is 16.7 Å². The van der Waals surface area contributed by atoms with Crippen molar-refractivity contribution in [2.24, 2.45) is 0 Å². The van der Waals surface area contributed by atoms with E-state index in [9.17, 15) is 9.90 Å². The molecule has 0 aromatic heterocycles. The predicted octanol–water partition coefficient (Wildman–Crippen LogP) is 1.39. The van der Waals surface area contributed by atoms with Crippen molar-refractivity contribution in [3.63, 3.8) is 0 Å². The van der Waals surface area contributed by atoms with E-state index in [-0.39, 0.29) is 18.6 Å². The van der Waals surface area contributed by atoms with Crippen LogP contribution in [0.5, 0.6) is 0 Å². The summed E-state index contributed by atoms with van der Waals surface area (Å²) in [5, 5.41) is 9.23. The SMILES string of the molecule is O=C(CCSc1ccccc1)N1CCOCC1CO. The van der Waals surface area contributed by atoms with Gasteiger partial charge < -0.3 is 14.7 Å². The highest BCUT2D eigenvalue weighted by Gasteiger charge is 2.26. The van der Waals surface area contributed by atoms with E-state index in [1.807, 2.05) is 30.3 Å². The second-order valence-electron chi connectivity index (χ2n) is 4.41. The smallest absolute Gasteiger partial charge is 0.223 e. The minimum Gasteiger partial charge on any atom is -0.394 e. The molecule has 1 amide bonds. The number of rotatable bonds is 5. The van der Waals surface area contributed by atoms with Gasteiger partial charge in [-0.3, -0.25) is 4.79 Å². The van der Waals surface area contributed by atoms with E-state index >= 15 is 0 Å². The Bertz CT molecular complexity index is 399. The van der Waals surface area contributed by atoms with Crippen LogP contribution >= 0.6 is 11.8 Å². The summed E-state index contributed by atoms with van der Waals surface area (Å²) in [7, 11) is 0. The largest absolute Gasteiger partial charge is 0.394 e. The average molecular weight is 281 g/mol. The summed E-state index contributed by atoms with van der Waals surface area (Å²) in [4.78, 5) is 15.0. The van der Waals surface area contributed by atoms with Crippen LogP contribution in [0.2, 0.25) is 0 Å². The van der Waals surface area contributed by atoms with Crippen molar-refractivity contribution in [1.82, 2.24) is 4.90 Å². The molecule has 1 aromatic carbocycles. The molecule has 0 radical (unpaired) electrons. The van der Waals surface area contributed by atoms with Crippen LogP contribution in [-0.4, -0.2) is 54.1 Å². The molecule has 1 aliphatic heterocycles. The molecule has 0 saturated carbocycles. The van der Waals surface area contributed by atoms with Gasteiger partial charge in [0.05, 0.1) is 25.9 Å². The van der Waals surface area contributed by atoms with Gasteiger partial charge in [-0.05, 0) is 12.1 Å². The Kier molecular flexibility index (Phi) is 5.69. The van der Waals surface area contributed by atoms with Crippen LogP contribution in [0.4, 0.5) is 0 Å². The van der Waals surface area contributed by atoms with E-state index in [0.29, 0.717) is 26.2 Å². The van der Waals surface area contributed by atoms with Crippen molar-refractivity contribution < 1.29 is 14.6 Å². The highest BCUT2D eigenvalue weighted by Crippen LogP contribution is 2.19. The van der Waals surface area contributed by atoms with Crippen molar-refractivity contribution in [3.8, 4) is 0 Å². The fourth-order valence-corrected chi connectivity index (χ4v) is 2.91. The molecule has 1 N–H and O–H groups in total. The van der Waals surface area contributed by atoms with Gasteiger partial charge in [0.1, 0.15) is 0 Å². The minimum absolute atomic E-state index is 0.0302. The maximum atomic E-state index is 12.1. The van der Waals surface area contributed by atoms with E-state index in [1.165, 1.54) is 4.90 Å². The van der Waals surface area contributed by atoms with Gasteiger partial charge in [0.2, 0.25) is 5.91 Å². The standard InChI is InChI=1S/C14H19NO3S/c16-10-12-11-18-8-7-15(12)14(17)6-9-19-13-4-2-1-3-5-13/h1-5,12,16H,6-11H2. The molecule has 19 heavy (non-hydrogen) atoms.